The normalized spacial score (nSPS) is 43.6. The van der Waals surface area contributed by atoms with E-state index in [0.29, 0.717) is 0 Å². The number of likely N-dealkylation sites (N-methyl/N-ethyl adjacent to an activating group) is 2. The maximum absolute atomic E-state index is 14.5. The molecule has 18 atom stereocenters. The average molecular weight is 865 g/mol. The van der Waals surface area contributed by atoms with E-state index in [1.807, 2.05) is 40.9 Å². The number of ether oxygens (including phenoxy) is 7. The number of ketones is 1. The van der Waals surface area contributed by atoms with Crippen molar-refractivity contribution in [3.8, 4) is 0 Å². The fraction of sp³-hybridized carbons (Fsp3) is 0.830. The average Bonchev–Trinajstić information content (AvgIpc) is 3.22. The maximum Gasteiger partial charge on any atom is 0.311 e. The Balaban J connectivity index is 1.85. The number of nitrogens with zero attached hydrogens (tertiary/aromatic N) is 2. The molecule has 0 saturated carbocycles. The van der Waals surface area contributed by atoms with E-state index in [2.05, 4.69) is 41.1 Å². The molecule has 14 heteroatoms. The number of aliphatic hydroxyl groups is 3. The van der Waals surface area contributed by atoms with Crippen molar-refractivity contribution in [1.82, 2.24) is 9.80 Å². The fourth-order valence-electron chi connectivity index (χ4n) is 10.2. The Labute approximate surface area is 365 Å². The Morgan fingerprint density at radius 2 is 1.46 bits per heavy atom. The largest absolute Gasteiger partial charge is 0.459 e. The zero-order valence-corrected chi connectivity index (χ0v) is 39.7. The van der Waals surface area contributed by atoms with Crippen molar-refractivity contribution < 1.29 is 58.1 Å². The molecule has 0 amide bonds. The molecule has 0 aliphatic carbocycles. The number of methoxy groups -OCH3 is 2. The number of Topliss-reactive ketones (excluding diaryl/α,β-unsaturated/α-hetero) is 1. The molecule has 1 aromatic carbocycles. The van der Waals surface area contributed by atoms with Crippen LogP contribution in [0, 0.1) is 23.7 Å². The van der Waals surface area contributed by atoms with Crippen molar-refractivity contribution in [3.63, 3.8) is 0 Å². The zero-order chi connectivity index (χ0) is 45.8. The van der Waals surface area contributed by atoms with Gasteiger partial charge in [-0.15, -0.1) is 0 Å². The summed E-state index contributed by atoms with van der Waals surface area (Å²) < 4.78 is 45.7. The molecule has 0 spiro atoms. The van der Waals surface area contributed by atoms with Crippen LogP contribution in [0.5, 0.6) is 0 Å². The smallest absolute Gasteiger partial charge is 0.311 e. The molecule has 3 aliphatic rings. The lowest BCUT2D eigenvalue weighted by Crippen LogP contribution is -2.64. The number of rotatable bonds is 12. The van der Waals surface area contributed by atoms with Crippen LogP contribution >= 0.6 is 0 Å². The Morgan fingerprint density at radius 3 is 2.03 bits per heavy atom. The Bertz CT molecular complexity index is 1550. The van der Waals surface area contributed by atoms with E-state index in [-0.39, 0.29) is 43.2 Å². The van der Waals surface area contributed by atoms with Crippen molar-refractivity contribution in [2.24, 2.45) is 23.7 Å². The first kappa shape index (κ1) is 51.6. The van der Waals surface area contributed by atoms with Gasteiger partial charge >= 0.3 is 5.97 Å². The minimum absolute atomic E-state index is 0.0351. The molecule has 3 aliphatic heterocycles. The first-order valence-corrected chi connectivity index (χ1v) is 22.4. The van der Waals surface area contributed by atoms with Crippen molar-refractivity contribution in [3.05, 3.63) is 35.9 Å². The summed E-state index contributed by atoms with van der Waals surface area (Å²) in [5.74, 6) is -4.25. The summed E-state index contributed by atoms with van der Waals surface area (Å²) in [5, 5.41) is 34.5. The van der Waals surface area contributed by atoms with Crippen LogP contribution in [0.2, 0.25) is 0 Å². The van der Waals surface area contributed by atoms with Crippen molar-refractivity contribution in [1.29, 1.82) is 0 Å². The van der Waals surface area contributed by atoms with Crippen LogP contribution in [0.3, 0.4) is 0 Å². The van der Waals surface area contributed by atoms with Crippen LogP contribution in [0.25, 0.3) is 0 Å². The molecule has 3 saturated heterocycles. The maximum atomic E-state index is 14.5. The number of benzene rings is 1. The topological polar surface area (TPSA) is 166 Å². The van der Waals surface area contributed by atoms with Gasteiger partial charge in [-0.25, -0.2) is 0 Å². The molecule has 61 heavy (non-hydrogen) atoms. The number of hydrogen-bond donors (Lipinski definition) is 3. The molecule has 0 radical (unpaired) electrons. The van der Waals surface area contributed by atoms with Crippen LogP contribution in [0.15, 0.2) is 30.3 Å². The summed E-state index contributed by atoms with van der Waals surface area (Å²) in [6.45, 7) is 18.5. The minimum atomic E-state index is -1.96. The second-order valence-corrected chi connectivity index (χ2v) is 19.3. The molecule has 3 fully saturated rings. The third-order valence-corrected chi connectivity index (χ3v) is 14.4. The lowest BCUT2D eigenvalue weighted by molar-refractivity contribution is -0.314. The van der Waals surface area contributed by atoms with Crippen LogP contribution in [-0.2, 0) is 49.2 Å². The first-order valence-electron chi connectivity index (χ1n) is 22.4. The highest BCUT2D eigenvalue weighted by Gasteiger charge is 2.54. The van der Waals surface area contributed by atoms with Gasteiger partial charge in [0.2, 0.25) is 0 Å². The van der Waals surface area contributed by atoms with Gasteiger partial charge in [0.1, 0.15) is 23.6 Å². The number of cyclic esters (lactones) is 1. The van der Waals surface area contributed by atoms with Gasteiger partial charge in [0.15, 0.2) is 12.6 Å². The Kier molecular flexibility index (Phi) is 18.0. The summed E-state index contributed by atoms with van der Waals surface area (Å²) in [4.78, 5) is 33.2. The van der Waals surface area contributed by atoms with E-state index in [4.69, 9.17) is 33.2 Å². The minimum Gasteiger partial charge on any atom is -0.459 e. The molecule has 0 aromatic heterocycles. The summed E-state index contributed by atoms with van der Waals surface area (Å²) in [7, 11) is 9.29. The van der Waals surface area contributed by atoms with E-state index < -0.39 is 95.6 Å². The van der Waals surface area contributed by atoms with Gasteiger partial charge in [0.05, 0.1) is 53.7 Å². The molecular weight excluding hydrogens is 785 g/mol. The molecule has 14 nitrogen and oxygen atoms in total. The van der Waals surface area contributed by atoms with Gasteiger partial charge in [-0.3, -0.25) is 9.59 Å². The summed E-state index contributed by atoms with van der Waals surface area (Å²) >= 11 is 0. The molecule has 350 valence electrons. The van der Waals surface area contributed by atoms with Crippen LogP contribution in [-0.4, -0.2) is 163 Å². The predicted octanol–water partition coefficient (Wildman–Crippen LogP) is 4.62. The van der Waals surface area contributed by atoms with Gasteiger partial charge in [0.25, 0.3) is 0 Å². The number of aliphatic hydroxyl groups excluding tert-OH is 2. The second-order valence-electron chi connectivity index (χ2n) is 19.3. The highest BCUT2D eigenvalue weighted by Crippen LogP contribution is 2.42. The molecule has 3 N–H and O–H groups in total. The van der Waals surface area contributed by atoms with Crippen LogP contribution in [0.4, 0.5) is 0 Å². The standard InChI is InChI=1S/C47H80N2O12/c1-16-35-47(10,54)40(51)29(4)38(50)27(2)25-46(9,56-15)42(30(5)39(31(6)43(53)59-35)60-36-26-45(8,55-14)41(52)32(7)58-36)61-44-37(48(11)12)34(24-28(3)57-44)49(13)23-22-33-20-18-17-19-21-33/h17-21,27-32,34-37,39-42,44,51-52,54H,16,22-26H2,1-15H3/t27-,28-,29+,30+,31-,32+,34-,35-,36+,37+,39+,40-,41+,42-,44+,45-,46+,47-/m1/s1. The van der Waals surface area contributed by atoms with E-state index >= 15 is 0 Å². The summed E-state index contributed by atoms with van der Waals surface area (Å²) in [5.41, 5.74) is -2.92. The Morgan fingerprint density at radius 1 is 0.836 bits per heavy atom. The van der Waals surface area contributed by atoms with Crippen LogP contribution in [0.1, 0.15) is 100 Å². The Hall–Kier alpha value is -2.08. The number of carbonyl (C=O) groups excluding carboxylic acids is 2. The first-order chi connectivity index (χ1) is 28.5. The summed E-state index contributed by atoms with van der Waals surface area (Å²) in [6.07, 6.45) is -5.89. The number of carbonyl (C=O) groups is 2. The van der Waals surface area contributed by atoms with Gasteiger partial charge < -0.3 is 58.3 Å². The molecule has 3 heterocycles. The zero-order valence-electron chi connectivity index (χ0n) is 39.7. The molecule has 1 aromatic rings. The van der Waals surface area contributed by atoms with E-state index in [1.165, 1.54) is 19.6 Å². The lowest BCUT2D eigenvalue weighted by Gasteiger charge is -2.51. The third-order valence-electron chi connectivity index (χ3n) is 14.4. The van der Waals surface area contributed by atoms with Gasteiger partial charge in [-0.2, -0.15) is 0 Å². The molecular formula is C47H80N2O12. The predicted molar refractivity (Wildman–Crippen MR) is 232 cm³/mol. The van der Waals surface area contributed by atoms with Crippen molar-refractivity contribution in [2.45, 2.75) is 186 Å². The van der Waals surface area contributed by atoms with Crippen LogP contribution < -0.4 is 0 Å². The monoisotopic (exact) mass is 865 g/mol. The van der Waals surface area contributed by atoms with Crippen molar-refractivity contribution in [2.75, 3.05) is 41.9 Å². The fourth-order valence-corrected chi connectivity index (χ4v) is 10.2. The van der Waals surface area contributed by atoms with Crippen molar-refractivity contribution >= 4 is 11.8 Å². The molecule has 0 bridgehead atoms. The van der Waals surface area contributed by atoms with E-state index in [0.717, 1.165) is 19.4 Å². The second kappa shape index (κ2) is 21.3. The van der Waals surface area contributed by atoms with E-state index in [1.54, 1.807) is 48.7 Å². The lowest BCUT2D eigenvalue weighted by atomic mass is 9.73. The SMILES string of the molecule is CC[C@H]1OC(=O)[C@H](C)[C@@H](O[C@H]2C[C@@](C)(OC)[C@@H](O)[C@H](C)O2)[C@H](C)[C@@H](O[C@@H]2O[C@H](C)C[C@@H](N(C)CCc3ccccc3)[C@@H]2N(C)C)[C@@](C)(OC)C[C@@H](C)C(=O)[C@H](C)[C@@H](O)[C@]1(C)O. The van der Waals surface area contributed by atoms with Gasteiger partial charge in [0, 0.05) is 51.0 Å². The number of hydrogen-bond acceptors (Lipinski definition) is 14. The summed E-state index contributed by atoms with van der Waals surface area (Å²) in [6, 6.07) is 10.2. The highest BCUT2D eigenvalue weighted by atomic mass is 16.7. The van der Waals surface area contributed by atoms with E-state index in [9.17, 15) is 24.9 Å². The number of esters is 1. The highest BCUT2D eigenvalue weighted by molar-refractivity contribution is 5.83. The molecule has 0 unspecified atom stereocenters. The molecule has 4 rings (SSSR count). The quantitative estimate of drug-likeness (QED) is 0.249. The van der Waals surface area contributed by atoms with Gasteiger partial charge in [-0.1, -0.05) is 58.0 Å². The van der Waals surface area contributed by atoms with Gasteiger partial charge in [-0.05, 0) is 93.9 Å². The third kappa shape index (κ3) is 11.6.